The minimum Gasteiger partial charge on any atom is -0.508 e. The van der Waals surface area contributed by atoms with Crippen molar-refractivity contribution in [2.24, 2.45) is 5.92 Å². The van der Waals surface area contributed by atoms with Crippen molar-refractivity contribution in [3.63, 3.8) is 0 Å². The van der Waals surface area contributed by atoms with E-state index in [0.717, 1.165) is 4.90 Å². The highest BCUT2D eigenvalue weighted by Gasteiger charge is 2.61. The van der Waals surface area contributed by atoms with Crippen molar-refractivity contribution >= 4 is 40.8 Å². The molecular formula is C34H34ClNO9S. The second-order valence-electron chi connectivity index (χ2n) is 11.2. The summed E-state index contributed by atoms with van der Waals surface area (Å²) in [5.41, 5.74) is -1.05. The largest absolute Gasteiger partial charge is 0.508 e. The van der Waals surface area contributed by atoms with Crippen molar-refractivity contribution in [3.05, 3.63) is 87.6 Å². The van der Waals surface area contributed by atoms with Crippen LogP contribution in [0, 0.1) is 5.92 Å². The van der Waals surface area contributed by atoms with Gasteiger partial charge in [0, 0.05) is 47.8 Å². The first-order valence-electron chi connectivity index (χ1n) is 14.5. The van der Waals surface area contributed by atoms with Crippen LogP contribution in [-0.2, 0) is 9.59 Å². The summed E-state index contributed by atoms with van der Waals surface area (Å²) in [6, 6.07) is 14.6. The molecule has 1 heterocycles. The average molecular weight is 668 g/mol. The van der Waals surface area contributed by atoms with Gasteiger partial charge in [0.25, 0.3) is 0 Å². The number of hydrogen-bond acceptors (Lipinski definition) is 10. The normalized spacial score (nSPS) is 20.3. The standard InChI is InChI=1S/C34H34ClNO9S/c1-17-13-23(38)28(32(41)34(17)33(42)29-25(43-2)15-26(44-3)30(35)31(29)45-34)22(18-7-11-21(46-4)12-8-18)14-27(40)36-16-24(39)19-5-9-20(37)10-6-19/h5-12,15,17,22,24,37,39,41H,13-14,16H2,1-4H3,(H,36,40). The zero-order valence-corrected chi connectivity index (χ0v) is 27.2. The first-order valence-corrected chi connectivity index (χ1v) is 16.1. The number of benzene rings is 3. The smallest absolute Gasteiger partial charge is 0.231 e. The Balaban J connectivity index is 1.55. The second kappa shape index (κ2) is 13.3. The van der Waals surface area contributed by atoms with Crippen LogP contribution in [0.3, 0.4) is 0 Å². The molecule has 1 aliphatic carbocycles. The molecule has 3 aromatic carbocycles. The summed E-state index contributed by atoms with van der Waals surface area (Å²) in [6.45, 7) is 1.49. The number of phenolic OH excluding ortho intramolecular Hbond substituents is 1. The van der Waals surface area contributed by atoms with Gasteiger partial charge in [0.2, 0.25) is 17.3 Å². The van der Waals surface area contributed by atoms with E-state index in [0.29, 0.717) is 11.1 Å². The minimum atomic E-state index is -2.00. The molecule has 0 saturated heterocycles. The van der Waals surface area contributed by atoms with Crippen molar-refractivity contribution in [2.45, 2.75) is 42.3 Å². The van der Waals surface area contributed by atoms with Gasteiger partial charge in [0.1, 0.15) is 27.8 Å². The van der Waals surface area contributed by atoms with E-state index in [1.54, 1.807) is 31.2 Å². The van der Waals surface area contributed by atoms with Gasteiger partial charge in [-0.05, 0) is 41.6 Å². The van der Waals surface area contributed by atoms with Gasteiger partial charge >= 0.3 is 0 Å². The lowest BCUT2D eigenvalue weighted by molar-refractivity contribution is -0.122. The molecule has 5 rings (SSSR count). The number of amides is 1. The molecule has 0 aromatic heterocycles. The number of ketones is 2. The third-order valence-corrected chi connectivity index (χ3v) is 9.64. The maximum Gasteiger partial charge on any atom is 0.231 e. The van der Waals surface area contributed by atoms with Crippen LogP contribution < -0.4 is 19.5 Å². The summed E-state index contributed by atoms with van der Waals surface area (Å²) in [5, 5.41) is 34.9. The monoisotopic (exact) mass is 667 g/mol. The molecule has 10 nitrogen and oxygen atoms in total. The summed E-state index contributed by atoms with van der Waals surface area (Å²) >= 11 is 8.09. The Morgan fingerprint density at radius 2 is 1.70 bits per heavy atom. The van der Waals surface area contributed by atoms with Crippen LogP contribution in [0.25, 0.3) is 0 Å². The SMILES string of the molecule is COc1cc(OC)c2c(c1Cl)OC1(C2=O)C(O)=C(C(CC(=O)NCC(O)c2ccc(O)cc2)c2ccc(SC)cc2)C(=O)CC1C. The summed E-state index contributed by atoms with van der Waals surface area (Å²) < 4.78 is 17.1. The third-order valence-electron chi connectivity index (χ3n) is 8.54. The number of hydrogen-bond donors (Lipinski definition) is 4. The van der Waals surface area contributed by atoms with Gasteiger partial charge in [-0.15, -0.1) is 11.8 Å². The highest BCUT2D eigenvalue weighted by atomic mass is 35.5. The quantitative estimate of drug-likeness (QED) is 0.203. The summed E-state index contributed by atoms with van der Waals surface area (Å²) in [5.74, 6) is -3.59. The predicted molar refractivity (Wildman–Crippen MR) is 172 cm³/mol. The molecular weight excluding hydrogens is 634 g/mol. The fraction of sp³-hybridized carbons (Fsp3) is 0.324. The molecule has 12 heteroatoms. The van der Waals surface area contributed by atoms with Crippen molar-refractivity contribution < 1.29 is 43.9 Å². The number of carbonyl (C=O) groups excluding carboxylic acids is 3. The van der Waals surface area contributed by atoms with E-state index in [1.165, 1.54) is 44.2 Å². The fourth-order valence-corrected chi connectivity index (χ4v) is 6.72. The Labute approximate surface area is 275 Å². The molecule has 1 aliphatic heterocycles. The molecule has 0 bridgehead atoms. The number of fused-ring (bicyclic) bond motifs is 1. The number of aliphatic hydroxyl groups is 2. The Morgan fingerprint density at radius 1 is 1.07 bits per heavy atom. The number of aromatic hydroxyl groups is 1. The number of nitrogens with one attached hydrogen (secondary N) is 1. The molecule has 3 aromatic rings. The van der Waals surface area contributed by atoms with Gasteiger partial charge < -0.3 is 34.8 Å². The lowest BCUT2D eigenvalue weighted by Crippen LogP contribution is -2.53. The van der Waals surface area contributed by atoms with Crippen LogP contribution in [0.15, 0.2) is 70.8 Å². The first kappa shape index (κ1) is 33.2. The molecule has 4 atom stereocenters. The molecule has 4 N–H and O–H groups in total. The van der Waals surface area contributed by atoms with Crippen molar-refractivity contribution in [3.8, 4) is 23.0 Å². The predicted octanol–water partition coefficient (Wildman–Crippen LogP) is 5.54. The average Bonchev–Trinajstić information content (AvgIpc) is 3.37. The van der Waals surface area contributed by atoms with Crippen molar-refractivity contribution in [1.29, 1.82) is 0 Å². The van der Waals surface area contributed by atoms with Crippen LogP contribution in [0.2, 0.25) is 5.02 Å². The van der Waals surface area contributed by atoms with Gasteiger partial charge in [0.15, 0.2) is 17.3 Å². The molecule has 242 valence electrons. The maximum absolute atomic E-state index is 14.2. The van der Waals surface area contributed by atoms with Gasteiger partial charge in [-0.1, -0.05) is 42.8 Å². The lowest BCUT2D eigenvalue weighted by Gasteiger charge is -2.38. The van der Waals surface area contributed by atoms with E-state index < -0.39 is 46.8 Å². The number of halogens is 1. The number of thioether (sulfide) groups is 1. The number of allylic oxidation sites excluding steroid dienone is 1. The number of carbonyl (C=O) groups is 3. The van der Waals surface area contributed by atoms with E-state index in [4.69, 9.17) is 25.8 Å². The van der Waals surface area contributed by atoms with Crippen molar-refractivity contribution in [1.82, 2.24) is 5.32 Å². The van der Waals surface area contributed by atoms with Crippen LogP contribution >= 0.6 is 23.4 Å². The zero-order valence-electron chi connectivity index (χ0n) is 25.6. The number of aliphatic hydroxyl groups excluding tert-OH is 2. The highest BCUT2D eigenvalue weighted by molar-refractivity contribution is 7.98. The van der Waals surface area contributed by atoms with Crippen LogP contribution in [0.4, 0.5) is 0 Å². The minimum absolute atomic E-state index is 0.0118. The molecule has 0 saturated carbocycles. The summed E-state index contributed by atoms with van der Waals surface area (Å²) in [7, 11) is 2.78. The zero-order chi connectivity index (χ0) is 33.3. The number of rotatable bonds is 10. The first-order chi connectivity index (χ1) is 22.0. The van der Waals surface area contributed by atoms with Crippen LogP contribution in [0.1, 0.15) is 53.3 Å². The van der Waals surface area contributed by atoms with Gasteiger partial charge in [0.05, 0.1) is 20.3 Å². The molecule has 0 radical (unpaired) electrons. The summed E-state index contributed by atoms with van der Waals surface area (Å²) in [6.07, 6.45) is 0.418. The van der Waals surface area contributed by atoms with Gasteiger partial charge in [-0.2, -0.15) is 0 Å². The van der Waals surface area contributed by atoms with E-state index in [-0.39, 0.29) is 58.5 Å². The Morgan fingerprint density at radius 3 is 2.30 bits per heavy atom. The van der Waals surface area contributed by atoms with E-state index in [2.05, 4.69) is 5.32 Å². The number of ether oxygens (including phenoxy) is 3. The molecule has 1 amide bonds. The molecule has 46 heavy (non-hydrogen) atoms. The molecule has 0 fully saturated rings. The highest BCUT2D eigenvalue weighted by Crippen LogP contribution is 2.55. The molecule has 1 spiro atoms. The molecule has 2 aliphatic rings. The maximum atomic E-state index is 14.2. The van der Waals surface area contributed by atoms with Crippen molar-refractivity contribution in [2.75, 3.05) is 27.0 Å². The lowest BCUT2D eigenvalue weighted by atomic mass is 9.69. The number of methoxy groups -OCH3 is 2. The Bertz CT molecular complexity index is 1710. The number of phenols is 1. The number of Topliss-reactive ketones (excluding diaryl/α,β-unsaturated/α-hetero) is 2. The third kappa shape index (κ3) is 5.78. The van der Waals surface area contributed by atoms with Crippen LogP contribution in [0.5, 0.6) is 23.0 Å². The van der Waals surface area contributed by atoms with Crippen LogP contribution in [-0.4, -0.2) is 65.4 Å². The van der Waals surface area contributed by atoms with Gasteiger partial charge in [-0.25, -0.2) is 0 Å². The Kier molecular flexibility index (Phi) is 9.57. The van der Waals surface area contributed by atoms with E-state index in [1.807, 2.05) is 18.4 Å². The summed E-state index contributed by atoms with van der Waals surface area (Å²) in [4.78, 5) is 42.3. The Hall–Kier alpha value is -4.19. The van der Waals surface area contributed by atoms with E-state index in [9.17, 15) is 29.7 Å². The van der Waals surface area contributed by atoms with Gasteiger partial charge in [-0.3, -0.25) is 14.4 Å². The van der Waals surface area contributed by atoms with E-state index >= 15 is 0 Å². The molecule has 4 unspecified atom stereocenters. The topological polar surface area (TPSA) is 152 Å². The fourth-order valence-electron chi connectivity index (χ4n) is 6.04. The second-order valence-corrected chi connectivity index (χ2v) is 12.5.